The molecule has 6 nitrogen and oxygen atoms in total. The molecular weight excluding hydrogens is 238 g/mol. The molecule has 15 heavy (non-hydrogen) atoms. The molecule has 76 valence electrons. The van der Waals surface area contributed by atoms with E-state index in [0.29, 0.717) is 5.00 Å². The van der Waals surface area contributed by atoms with E-state index < -0.39 is 0 Å². The molecule has 1 amide bonds. The topological polar surface area (TPSA) is 80.7 Å². The zero-order chi connectivity index (χ0) is 10.7. The highest BCUT2D eigenvalue weighted by molar-refractivity contribution is 7.10. The SMILES string of the molecule is O=C(Nc1cnns1)c1ccc(Cl)nn1. The van der Waals surface area contributed by atoms with Crippen molar-refractivity contribution in [3.8, 4) is 0 Å². The number of carbonyl (C=O) groups excluding carboxylic acids is 1. The molecule has 0 saturated carbocycles. The summed E-state index contributed by atoms with van der Waals surface area (Å²) in [5, 5.41) is 14.1. The summed E-state index contributed by atoms with van der Waals surface area (Å²) < 4.78 is 3.60. The summed E-state index contributed by atoms with van der Waals surface area (Å²) in [4.78, 5) is 11.5. The minimum Gasteiger partial charge on any atom is -0.310 e. The van der Waals surface area contributed by atoms with Gasteiger partial charge < -0.3 is 5.32 Å². The van der Waals surface area contributed by atoms with Crippen molar-refractivity contribution in [2.75, 3.05) is 5.32 Å². The second kappa shape index (κ2) is 4.28. The quantitative estimate of drug-likeness (QED) is 0.855. The number of aromatic nitrogens is 4. The van der Waals surface area contributed by atoms with E-state index in [1.165, 1.54) is 18.3 Å². The van der Waals surface area contributed by atoms with E-state index in [4.69, 9.17) is 11.6 Å². The molecule has 0 bridgehead atoms. The molecule has 0 spiro atoms. The first-order valence-corrected chi connectivity index (χ1v) is 4.99. The van der Waals surface area contributed by atoms with Crippen molar-refractivity contribution >= 4 is 34.0 Å². The van der Waals surface area contributed by atoms with Gasteiger partial charge in [-0.15, -0.1) is 15.3 Å². The molecule has 0 unspecified atom stereocenters. The number of nitrogens with one attached hydrogen (secondary N) is 1. The normalized spacial score (nSPS) is 9.93. The van der Waals surface area contributed by atoms with E-state index >= 15 is 0 Å². The molecule has 8 heteroatoms. The second-order valence-corrected chi connectivity index (χ2v) is 3.65. The lowest BCUT2D eigenvalue weighted by Gasteiger charge is -1.98. The smallest absolute Gasteiger partial charge is 0.276 e. The first-order chi connectivity index (χ1) is 7.25. The molecule has 0 saturated heterocycles. The van der Waals surface area contributed by atoms with Crippen LogP contribution in [0.4, 0.5) is 5.00 Å². The van der Waals surface area contributed by atoms with Gasteiger partial charge in [0.2, 0.25) is 0 Å². The first-order valence-electron chi connectivity index (χ1n) is 3.83. The standard InChI is InChI=1S/C7H4ClN5OS/c8-5-2-1-4(11-12-5)7(14)10-6-3-9-13-15-6/h1-3H,(H,10,14). The highest BCUT2D eigenvalue weighted by Crippen LogP contribution is 2.10. The summed E-state index contributed by atoms with van der Waals surface area (Å²) >= 11 is 6.62. The lowest BCUT2D eigenvalue weighted by molar-refractivity contribution is 0.102. The van der Waals surface area contributed by atoms with Crippen molar-refractivity contribution in [1.82, 2.24) is 19.8 Å². The van der Waals surface area contributed by atoms with Crippen molar-refractivity contribution in [2.24, 2.45) is 0 Å². The van der Waals surface area contributed by atoms with Gasteiger partial charge in [0.1, 0.15) is 5.00 Å². The molecule has 2 aromatic rings. The van der Waals surface area contributed by atoms with E-state index in [9.17, 15) is 4.79 Å². The van der Waals surface area contributed by atoms with Gasteiger partial charge in [-0.05, 0) is 12.1 Å². The van der Waals surface area contributed by atoms with Crippen LogP contribution in [0.2, 0.25) is 5.15 Å². The van der Waals surface area contributed by atoms with E-state index in [1.807, 2.05) is 0 Å². The number of nitrogens with zero attached hydrogens (tertiary/aromatic N) is 4. The molecule has 2 rings (SSSR count). The Morgan fingerprint density at radius 2 is 2.27 bits per heavy atom. The Morgan fingerprint density at radius 3 is 2.87 bits per heavy atom. The number of amides is 1. The Bertz CT molecular complexity index is 457. The van der Waals surface area contributed by atoms with E-state index in [-0.39, 0.29) is 16.8 Å². The van der Waals surface area contributed by atoms with Crippen molar-refractivity contribution < 1.29 is 4.79 Å². The van der Waals surface area contributed by atoms with Gasteiger partial charge in [0, 0.05) is 11.5 Å². The summed E-state index contributed by atoms with van der Waals surface area (Å²) in [5.74, 6) is -0.370. The van der Waals surface area contributed by atoms with Crippen molar-refractivity contribution in [3.63, 3.8) is 0 Å². The van der Waals surface area contributed by atoms with Crippen LogP contribution in [0.15, 0.2) is 18.3 Å². The lowest BCUT2D eigenvalue weighted by atomic mass is 10.4. The molecule has 2 heterocycles. The van der Waals surface area contributed by atoms with Gasteiger partial charge in [0.05, 0.1) is 6.20 Å². The van der Waals surface area contributed by atoms with Gasteiger partial charge in [0.25, 0.3) is 5.91 Å². The fourth-order valence-electron chi connectivity index (χ4n) is 0.835. The fourth-order valence-corrected chi connectivity index (χ4v) is 1.35. The highest BCUT2D eigenvalue weighted by atomic mass is 35.5. The highest BCUT2D eigenvalue weighted by Gasteiger charge is 2.09. The van der Waals surface area contributed by atoms with Gasteiger partial charge in [-0.25, -0.2) is 0 Å². The van der Waals surface area contributed by atoms with Gasteiger partial charge in [-0.1, -0.05) is 16.1 Å². The number of anilines is 1. The number of hydrogen-bond donors (Lipinski definition) is 1. The Balaban J connectivity index is 2.11. The predicted octanol–water partition coefficient (Wildman–Crippen LogP) is 1.23. The maximum absolute atomic E-state index is 11.5. The van der Waals surface area contributed by atoms with Crippen LogP contribution in [0.1, 0.15) is 10.5 Å². The Hall–Kier alpha value is -1.60. The van der Waals surface area contributed by atoms with Crippen LogP contribution in [0.3, 0.4) is 0 Å². The van der Waals surface area contributed by atoms with Gasteiger partial charge in [0.15, 0.2) is 10.8 Å². The Labute approximate surface area is 93.5 Å². The van der Waals surface area contributed by atoms with Crippen LogP contribution in [-0.2, 0) is 0 Å². The first kappa shape index (κ1) is 9.94. The molecule has 0 aliphatic heterocycles. The third-order valence-electron chi connectivity index (χ3n) is 1.46. The Morgan fingerprint density at radius 1 is 1.40 bits per heavy atom. The summed E-state index contributed by atoms with van der Waals surface area (Å²) in [7, 11) is 0. The van der Waals surface area contributed by atoms with Crippen LogP contribution in [-0.4, -0.2) is 25.7 Å². The zero-order valence-corrected chi connectivity index (χ0v) is 8.79. The maximum atomic E-state index is 11.5. The number of halogens is 1. The summed E-state index contributed by atoms with van der Waals surface area (Å²) in [5.41, 5.74) is 0.188. The summed E-state index contributed by atoms with van der Waals surface area (Å²) in [6.45, 7) is 0. The van der Waals surface area contributed by atoms with Crippen LogP contribution in [0.25, 0.3) is 0 Å². The fraction of sp³-hybridized carbons (Fsp3) is 0. The van der Waals surface area contributed by atoms with Crippen molar-refractivity contribution in [1.29, 1.82) is 0 Å². The minimum absolute atomic E-state index is 0.188. The third kappa shape index (κ3) is 2.45. The predicted molar refractivity (Wildman–Crippen MR) is 54.9 cm³/mol. The maximum Gasteiger partial charge on any atom is 0.276 e. The summed E-state index contributed by atoms with van der Waals surface area (Å²) in [6.07, 6.45) is 1.45. The zero-order valence-electron chi connectivity index (χ0n) is 7.22. The largest absolute Gasteiger partial charge is 0.310 e. The van der Waals surface area contributed by atoms with E-state index in [1.54, 1.807) is 0 Å². The molecule has 0 aromatic carbocycles. The van der Waals surface area contributed by atoms with Crippen molar-refractivity contribution in [2.45, 2.75) is 0 Å². The van der Waals surface area contributed by atoms with Crippen LogP contribution < -0.4 is 5.32 Å². The van der Waals surface area contributed by atoms with Gasteiger partial charge in [-0.2, -0.15) is 0 Å². The average Bonchev–Trinajstić information content (AvgIpc) is 2.71. The minimum atomic E-state index is -0.370. The molecule has 0 aliphatic carbocycles. The summed E-state index contributed by atoms with van der Waals surface area (Å²) in [6, 6.07) is 2.98. The van der Waals surface area contributed by atoms with Gasteiger partial charge >= 0.3 is 0 Å². The molecule has 0 aliphatic rings. The monoisotopic (exact) mass is 241 g/mol. The Kier molecular flexibility index (Phi) is 2.84. The lowest BCUT2D eigenvalue weighted by Crippen LogP contribution is -2.13. The molecule has 1 N–H and O–H groups in total. The number of carbonyl (C=O) groups is 1. The van der Waals surface area contributed by atoms with E-state index in [0.717, 1.165) is 11.5 Å². The van der Waals surface area contributed by atoms with Crippen LogP contribution in [0, 0.1) is 0 Å². The molecular formula is C7H4ClN5OS. The number of hydrogen-bond acceptors (Lipinski definition) is 6. The van der Waals surface area contributed by atoms with Gasteiger partial charge in [-0.3, -0.25) is 4.79 Å². The third-order valence-corrected chi connectivity index (χ3v) is 2.24. The second-order valence-electron chi connectivity index (χ2n) is 2.48. The molecule has 2 aromatic heterocycles. The molecule has 0 atom stereocenters. The number of rotatable bonds is 2. The molecule has 0 fully saturated rings. The average molecular weight is 242 g/mol. The van der Waals surface area contributed by atoms with Crippen LogP contribution in [0.5, 0.6) is 0 Å². The van der Waals surface area contributed by atoms with E-state index in [2.05, 4.69) is 25.1 Å². The molecule has 0 radical (unpaired) electrons. The van der Waals surface area contributed by atoms with Crippen LogP contribution >= 0.6 is 23.1 Å². The van der Waals surface area contributed by atoms with Crippen molar-refractivity contribution in [3.05, 3.63) is 29.2 Å².